The summed E-state index contributed by atoms with van der Waals surface area (Å²) in [6.45, 7) is 0. The molecule has 0 fully saturated rings. The quantitative estimate of drug-likeness (QED) is 0.200. The zero-order valence-corrected chi connectivity index (χ0v) is 19.4. The number of amides is 1. The van der Waals surface area contributed by atoms with Crippen molar-refractivity contribution < 1.29 is 27.1 Å². The predicted octanol–water partition coefficient (Wildman–Crippen LogP) is 3.90. The van der Waals surface area contributed by atoms with Crippen LogP contribution < -0.4 is 14.3 Å². The standard InChI is InChI=1S/C21H16BrN3O7S/c1-31-18-10-9-14(13-23-24-21(26)15-5-4-6-16(22)12-15)11-19(18)32-33(29,30)20-8-3-2-7-17(20)25(27)28/h2-13H,1H3,(H,24,26)/b23-13-. The Bertz CT molecular complexity index is 1340. The summed E-state index contributed by atoms with van der Waals surface area (Å²) in [5.74, 6) is -0.582. The van der Waals surface area contributed by atoms with E-state index in [4.69, 9.17) is 8.92 Å². The molecule has 3 aromatic carbocycles. The molecule has 170 valence electrons. The Morgan fingerprint density at radius 2 is 1.85 bits per heavy atom. The van der Waals surface area contributed by atoms with Crippen LogP contribution in [0.4, 0.5) is 5.69 Å². The molecule has 0 saturated carbocycles. The van der Waals surface area contributed by atoms with Gasteiger partial charge in [0.1, 0.15) is 0 Å². The molecule has 1 amide bonds. The Kier molecular flexibility index (Phi) is 7.41. The minimum absolute atomic E-state index is 0.0764. The third-order valence-electron chi connectivity index (χ3n) is 4.18. The summed E-state index contributed by atoms with van der Waals surface area (Å²) < 4.78 is 36.4. The Hall–Kier alpha value is -3.77. The number of rotatable bonds is 8. The molecule has 3 rings (SSSR count). The van der Waals surface area contributed by atoms with E-state index < -0.39 is 31.5 Å². The van der Waals surface area contributed by atoms with E-state index in [2.05, 4.69) is 26.5 Å². The van der Waals surface area contributed by atoms with Crippen LogP contribution in [-0.4, -0.2) is 32.6 Å². The Balaban J connectivity index is 1.83. The number of nitrogens with one attached hydrogen (secondary N) is 1. The summed E-state index contributed by atoms with van der Waals surface area (Å²) in [7, 11) is -3.24. The first-order valence-electron chi connectivity index (χ1n) is 9.16. The van der Waals surface area contributed by atoms with E-state index in [-0.39, 0.29) is 11.5 Å². The first kappa shape index (κ1) is 23.9. The van der Waals surface area contributed by atoms with E-state index in [1.807, 2.05) is 0 Å². The lowest BCUT2D eigenvalue weighted by atomic mass is 10.2. The number of nitrogens with zero attached hydrogens (tertiary/aromatic N) is 2. The van der Waals surface area contributed by atoms with Gasteiger partial charge in [-0.15, -0.1) is 0 Å². The topological polar surface area (TPSA) is 137 Å². The van der Waals surface area contributed by atoms with Gasteiger partial charge in [0.2, 0.25) is 0 Å². The molecular weight excluding hydrogens is 518 g/mol. The fourth-order valence-corrected chi connectivity index (χ4v) is 4.18. The van der Waals surface area contributed by atoms with E-state index in [1.165, 1.54) is 37.6 Å². The Morgan fingerprint density at radius 3 is 2.55 bits per heavy atom. The van der Waals surface area contributed by atoms with Crippen LogP contribution in [0.5, 0.6) is 11.5 Å². The molecule has 12 heteroatoms. The average Bonchev–Trinajstić information content (AvgIpc) is 2.79. The number of carbonyl (C=O) groups is 1. The van der Waals surface area contributed by atoms with Gasteiger partial charge in [0.25, 0.3) is 11.6 Å². The van der Waals surface area contributed by atoms with Gasteiger partial charge in [-0.1, -0.05) is 34.1 Å². The first-order chi connectivity index (χ1) is 15.7. The lowest BCUT2D eigenvalue weighted by molar-refractivity contribution is -0.387. The van der Waals surface area contributed by atoms with Crippen molar-refractivity contribution in [3.05, 3.63) is 92.4 Å². The van der Waals surface area contributed by atoms with Crippen LogP contribution >= 0.6 is 15.9 Å². The summed E-state index contributed by atoms with van der Waals surface area (Å²) in [6.07, 6.45) is 1.28. The van der Waals surface area contributed by atoms with Gasteiger partial charge >= 0.3 is 10.1 Å². The molecule has 0 saturated heterocycles. The van der Waals surface area contributed by atoms with Gasteiger partial charge in [-0.05, 0) is 48.0 Å². The van der Waals surface area contributed by atoms with Crippen molar-refractivity contribution in [1.29, 1.82) is 0 Å². The van der Waals surface area contributed by atoms with Gasteiger partial charge in [-0.2, -0.15) is 13.5 Å². The normalized spacial score (nSPS) is 11.2. The lowest BCUT2D eigenvalue weighted by Gasteiger charge is -2.11. The van der Waals surface area contributed by atoms with Gasteiger partial charge in [-0.25, -0.2) is 5.43 Å². The van der Waals surface area contributed by atoms with E-state index in [1.54, 1.807) is 30.3 Å². The van der Waals surface area contributed by atoms with Crippen LogP contribution in [0.3, 0.4) is 0 Å². The molecule has 3 aromatic rings. The number of halogens is 1. The van der Waals surface area contributed by atoms with Crippen LogP contribution in [0, 0.1) is 10.1 Å². The van der Waals surface area contributed by atoms with Crippen LogP contribution in [0.15, 0.2) is 81.2 Å². The van der Waals surface area contributed by atoms with Crippen LogP contribution in [0.1, 0.15) is 15.9 Å². The highest BCUT2D eigenvalue weighted by Crippen LogP contribution is 2.32. The number of carbonyl (C=O) groups excluding carboxylic acids is 1. The third kappa shape index (κ3) is 5.93. The smallest absolute Gasteiger partial charge is 0.346 e. The highest BCUT2D eigenvalue weighted by molar-refractivity contribution is 9.10. The summed E-state index contributed by atoms with van der Waals surface area (Å²) in [5.41, 5.74) is 2.50. The highest BCUT2D eigenvalue weighted by atomic mass is 79.9. The van der Waals surface area contributed by atoms with Crippen molar-refractivity contribution in [3.63, 3.8) is 0 Å². The molecule has 0 radical (unpaired) electrons. The number of hydrogen-bond donors (Lipinski definition) is 1. The van der Waals surface area contributed by atoms with Gasteiger partial charge in [0.15, 0.2) is 16.4 Å². The fraction of sp³-hybridized carbons (Fsp3) is 0.0476. The first-order valence-corrected chi connectivity index (χ1v) is 11.4. The monoisotopic (exact) mass is 533 g/mol. The highest BCUT2D eigenvalue weighted by Gasteiger charge is 2.28. The zero-order valence-electron chi connectivity index (χ0n) is 17.0. The lowest BCUT2D eigenvalue weighted by Crippen LogP contribution is -2.17. The third-order valence-corrected chi connectivity index (χ3v) is 5.96. The maximum absolute atomic E-state index is 12.7. The molecule has 0 aliphatic rings. The van der Waals surface area contributed by atoms with Crippen LogP contribution in [0.2, 0.25) is 0 Å². The molecule has 33 heavy (non-hydrogen) atoms. The average molecular weight is 534 g/mol. The molecule has 10 nitrogen and oxygen atoms in total. The molecule has 1 N–H and O–H groups in total. The minimum atomic E-state index is -4.55. The van der Waals surface area contributed by atoms with Crippen molar-refractivity contribution in [1.82, 2.24) is 5.43 Å². The maximum atomic E-state index is 12.7. The second kappa shape index (κ2) is 10.2. The second-order valence-electron chi connectivity index (χ2n) is 6.38. The SMILES string of the molecule is COc1ccc(/C=N\NC(=O)c2cccc(Br)c2)cc1OS(=O)(=O)c1ccccc1[N+](=O)[O-]. The number of hydrogen-bond acceptors (Lipinski definition) is 8. The van der Waals surface area contributed by atoms with Crippen molar-refractivity contribution in [2.45, 2.75) is 4.90 Å². The van der Waals surface area contributed by atoms with Gasteiger partial charge in [0.05, 0.1) is 18.2 Å². The van der Waals surface area contributed by atoms with Gasteiger partial charge < -0.3 is 8.92 Å². The molecule has 0 aromatic heterocycles. The Labute approximate surface area is 197 Å². The van der Waals surface area contributed by atoms with E-state index in [9.17, 15) is 23.3 Å². The van der Waals surface area contributed by atoms with E-state index >= 15 is 0 Å². The molecular formula is C21H16BrN3O7S. The molecule has 0 heterocycles. The van der Waals surface area contributed by atoms with E-state index in [0.29, 0.717) is 11.1 Å². The Morgan fingerprint density at radius 1 is 1.09 bits per heavy atom. The van der Waals surface area contributed by atoms with Crippen molar-refractivity contribution in [3.8, 4) is 11.5 Å². The minimum Gasteiger partial charge on any atom is -0.493 e. The molecule has 0 bridgehead atoms. The fourth-order valence-electron chi connectivity index (χ4n) is 2.68. The number of nitro benzene ring substituents is 1. The van der Waals surface area contributed by atoms with Crippen molar-refractivity contribution in [2.24, 2.45) is 5.10 Å². The van der Waals surface area contributed by atoms with Crippen molar-refractivity contribution >= 4 is 43.9 Å². The summed E-state index contributed by atoms with van der Waals surface area (Å²) in [4.78, 5) is 21.9. The molecule has 0 aliphatic heterocycles. The number of hydrazone groups is 1. The number of methoxy groups -OCH3 is 1. The maximum Gasteiger partial charge on any atom is 0.346 e. The largest absolute Gasteiger partial charge is 0.493 e. The zero-order chi connectivity index (χ0) is 24.0. The van der Waals surface area contributed by atoms with Crippen LogP contribution in [0.25, 0.3) is 0 Å². The summed E-state index contributed by atoms with van der Waals surface area (Å²) in [5, 5.41) is 15.1. The second-order valence-corrected chi connectivity index (χ2v) is 8.81. The summed E-state index contributed by atoms with van der Waals surface area (Å²) in [6, 6.07) is 15.8. The number of para-hydroxylation sites is 1. The van der Waals surface area contributed by atoms with E-state index in [0.717, 1.165) is 16.6 Å². The van der Waals surface area contributed by atoms with Crippen LogP contribution in [-0.2, 0) is 10.1 Å². The van der Waals surface area contributed by atoms with Crippen molar-refractivity contribution in [2.75, 3.05) is 7.11 Å². The molecule has 0 aliphatic carbocycles. The molecule has 0 atom stereocenters. The number of nitro groups is 1. The predicted molar refractivity (Wildman–Crippen MR) is 123 cm³/mol. The van der Waals surface area contributed by atoms with Gasteiger partial charge in [-0.3, -0.25) is 14.9 Å². The number of benzene rings is 3. The molecule has 0 unspecified atom stereocenters. The van der Waals surface area contributed by atoms with Gasteiger partial charge in [0, 0.05) is 16.1 Å². The number of ether oxygens (including phenoxy) is 1. The summed E-state index contributed by atoms with van der Waals surface area (Å²) >= 11 is 3.28. The molecule has 0 spiro atoms.